The molecule has 1 aromatic heterocycles. The first-order chi connectivity index (χ1) is 11.9. The van der Waals surface area contributed by atoms with Gasteiger partial charge in [-0.05, 0) is 18.1 Å². The minimum atomic E-state index is -0.649. The first kappa shape index (κ1) is 21.9. The second kappa shape index (κ2) is 10.1. The van der Waals surface area contributed by atoms with Gasteiger partial charge in [0.05, 0.1) is 19.1 Å². The molecule has 0 unspecified atom stereocenters. The molecule has 0 radical (unpaired) electrons. The van der Waals surface area contributed by atoms with E-state index in [1.165, 1.54) is 0 Å². The summed E-state index contributed by atoms with van der Waals surface area (Å²) in [6.07, 6.45) is 0. The predicted molar refractivity (Wildman–Crippen MR) is 99.7 cm³/mol. The minimum absolute atomic E-state index is 0. The van der Waals surface area contributed by atoms with Gasteiger partial charge in [-0.1, -0.05) is 42.7 Å². The number of hydrogen-bond donors (Lipinski definition) is 3. The van der Waals surface area contributed by atoms with Gasteiger partial charge in [0.25, 0.3) is 0 Å². The van der Waals surface area contributed by atoms with Gasteiger partial charge in [0, 0.05) is 10.6 Å². The van der Waals surface area contributed by atoms with Crippen molar-refractivity contribution in [1.29, 1.82) is 0 Å². The molecule has 142 valence electrons. The molecule has 1 aromatic carbocycles. The van der Waals surface area contributed by atoms with Crippen molar-refractivity contribution in [1.82, 2.24) is 20.8 Å². The van der Waals surface area contributed by atoms with E-state index < -0.39 is 6.04 Å². The molecule has 0 bridgehead atoms. The lowest BCUT2D eigenvalue weighted by molar-refractivity contribution is -0.127. The number of nitrogens with two attached hydrogens (primary N) is 1. The molecule has 1 atom stereocenters. The number of halogens is 2. The molecule has 0 saturated carbocycles. The van der Waals surface area contributed by atoms with Gasteiger partial charge in [-0.25, -0.2) is 0 Å². The van der Waals surface area contributed by atoms with E-state index in [1.807, 2.05) is 13.8 Å². The summed E-state index contributed by atoms with van der Waals surface area (Å²) in [6.45, 7) is 3.54. The molecule has 0 aliphatic rings. The van der Waals surface area contributed by atoms with Gasteiger partial charge in [-0.3, -0.25) is 9.59 Å². The molecule has 2 amide bonds. The molecule has 8 nitrogen and oxygen atoms in total. The number of rotatable bonds is 7. The summed E-state index contributed by atoms with van der Waals surface area (Å²) >= 11 is 5.92. The highest BCUT2D eigenvalue weighted by Crippen LogP contribution is 2.19. The lowest BCUT2D eigenvalue weighted by atomic mass is 10.1. The highest BCUT2D eigenvalue weighted by molar-refractivity contribution is 6.30. The van der Waals surface area contributed by atoms with Crippen molar-refractivity contribution in [3.63, 3.8) is 0 Å². The predicted octanol–water partition coefficient (Wildman–Crippen LogP) is 1.53. The Hall–Kier alpha value is -2.16. The fraction of sp³-hybridized carbons (Fsp3) is 0.375. The van der Waals surface area contributed by atoms with Crippen LogP contribution in [0, 0.1) is 5.92 Å². The van der Waals surface area contributed by atoms with E-state index in [-0.39, 0.29) is 49.1 Å². The van der Waals surface area contributed by atoms with E-state index >= 15 is 0 Å². The van der Waals surface area contributed by atoms with Crippen molar-refractivity contribution in [2.75, 3.05) is 6.54 Å². The third kappa shape index (κ3) is 6.29. The Morgan fingerprint density at radius 1 is 1.31 bits per heavy atom. The molecule has 0 aliphatic carbocycles. The van der Waals surface area contributed by atoms with Gasteiger partial charge < -0.3 is 20.9 Å². The fourth-order valence-electron chi connectivity index (χ4n) is 1.90. The quantitative estimate of drug-likeness (QED) is 0.646. The summed E-state index contributed by atoms with van der Waals surface area (Å²) in [4.78, 5) is 27.6. The zero-order valence-electron chi connectivity index (χ0n) is 14.4. The van der Waals surface area contributed by atoms with Crippen LogP contribution in [0.25, 0.3) is 11.4 Å². The van der Waals surface area contributed by atoms with Gasteiger partial charge in [-0.15, -0.1) is 12.4 Å². The third-order valence-corrected chi connectivity index (χ3v) is 3.67. The van der Waals surface area contributed by atoms with Crippen molar-refractivity contribution in [3.8, 4) is 11.4 Å². The summed E-state index contributed by atoms with van der Waals surface area (Å²) in [5.41, 5.74) is 6.41. The van der Waals surface area contributed by atoms with Crippen LogP contribution >= 0.6 is 24.0 Å². The Bertz CT molecular complexity index is 751. The standard InChI is InChI=1S/C16H20ClN5O3.ClH/c1-9(2)14(18)16(24)20-7-12(23)19-8-13-21-15(22-25-13)10-4-3-5-11(17)6-10;/h3-6,9,14H,7-8,18H2,1-2H3,(H,19,23)(H,20,24);1H/t14-;/m0./s1. The summed E-state index contributed by atoms with van der Waals surface area (Å²) in [6, 6.07) is 6.38. The molecule has 2 aromatic rings. The first-order valence-electron chi connectivity index (χ1n) is 7.75. The molecule has 1 heterocycles. The van der Waals surface area contributed by atoms with Crippen LogP contribution in [0.15, 0.2) is 28.8 Å². The molecule has 0 aliphatic heterocycles. The maximum atomic E-state index is 11.8. The third-order valence-electron chi connectivity index (χ3n) is 3.43. The van der Waals surface area contributed by atoms with Crippen LogP contribution < -0.4 is 16.4 Å². The smallest absolute Gasteiger partial charge is 0.246 e. The molecule has 0 spiro atoms. The van der Waals surface area contributed by atoms with Gasteiger partial charge >= 0.3 is 0 Å². The van der Waals surface area contributed by atoms with E-state index in [4.69, 9.17) is 21.9 Å². The van der Waals surface area contributed by atoms with Crippen molar-refractivity contribution >= 4 is 35.8 Å². The van der Waals surface area contributed by atoms with Crippen molar-refractivity contribution in [2.45, 2.75) is 26.4 Å². The number of amides is 2. The SMILES string of the molecule is CC(C)[C@H](N)C(=O)NCC(=O)NCc1nc(-c2cccc(Cl)c2)no1.Cl. The zero-order chi connectivity index (χ0) is 18.4. The maximum absolute atomic E-state index is 11.8. The number of nitrogens with one attached hydrogen (secondary N) is 2. The molecule has 4 N–H and O–H groups in total. The van der Waals surface area contributed by atoms with E-state index in [2.05, 4.69) is 20.8 Å². The highest BCUT2D eigenvalue weighted by Gasteiger charge is 2.17. The fourth-order valence-corrected chi connectivity index (χ4v) is 2.09. The lowest BCUT2D eigenvalue weighted by Gasteiger charge is -2.14. The topological polar surface area (TPSA) is 123 Å². The highest BCUT2D eigenvalue weighted by atomic mass is 35.5. The lowest BCUT2D eigenvalue weighted by Crippen LogP contribution is -2.47. The van der Waals surface area contributed by atoms with Crippen LogP contribution in [0.3, 0.4) is 0 Å². The van der Waals surface area contributed by atoms with Crippen LogP contribution in [0.2, 0.25) is 5.02 Å². The summed E-state index contributed by atoms with van der Waals surface area (Å²) < 4.78 is 5.08. The molecule has 0 fully saturated rings. The zero-order valence-corrected chi connectivity index (χ0v) is 15.9. The molecule has 10 heteroatoms. The minimum Gasteiger partial charge on any atom is -0.346 e. The number of carbonyl (C=O) groups is 2. The molecule has 2 rings (SSSR count). The number of carbonyl (C=O) groups excluding carboxylic acids is 2. The Kier molecular flexibility index (Phi) is 8.50. The number of nitrogens with zero attached hydrogens (tertiary/aromatic N) is 2. The van der Waals surface area contributed by atoms with Crippen LogP contribution in [0.4, 0.5) is 0 Å². The summed E-state index contributed by atoms with van der Waals surface area (Å²) in [5, 5.41) is 9.46. The monoisotopic (exact) mass is 401 g/mol. The summed E-state index contributed by atoms with van der Waals surface area (Å²) in [5.74, 6) is -0.138. The average Bonchev–Trinajstić information content (AvgIpc) is 3.06. The van der Waals surface area contributed by atoms with Crippen LogP contribution in [-0.4, -0.2) is 34.5 Å². The molecule has 0 saturated heterocycles. The largest absolute Gasteiger partial charge is 0.346 e. The van der Waals surface area contributed by atoms with E-state index in [0.29, 0.717) is 16.4 Å². The normalized spacial score (nSPS) is 11.6. The number of aromatic nitrogens is 2. The average molecular weight is 402 g/mol. The second-order valence-corrected chi connectivity index (χ2v) is 6.22. The molecule has 26 heavy (non-hydrogen) atoms. The number of hydrogen-bond acceptors (Lipinski definition) is 6. The molecular weight excluding hydrogens is 381 g/mol. The second-order valence-electron chi connectivity index (χ2n) is 5.79. The Labute approximate surface area is 162 Å². The van der Waals surface area contributed by atoms with Crippen LogP contribution in [0.1, 0.15) is 19.7 Å². The van der Waals surface area contributed by atoms with Gasteiger partial charge in [-0.2, -0.15) is 4.98 Å². The van der Waals surface area contributed by atoms with E-state index in [9.17, 15) is 9.59 Å². The summed E-state index contributed by atoms with van der Waals surface area (Å²) in [7, 11) is 0. The maximum Gasteiger partial charge on any atom is 0.246 e. The number of benzene rings is 1. The van der Waals surface area contributed by atoms with Crippen molar-refractivity contribution in [2.24, 2.45) is 11.7 Å². The van der Waals surface area contributed by atoms with Crippen LogP contribution in [-0.2, 0) is 16.1 Å². The first-order valence-corrected chi connectivity index (χ1v) is 8.13. The van der Waals surface area contributed by atoms with Gasteiger partial charge in [0.2, 0.25) is 23.5 Å². The van der Waals surface area contributed by atoms with Gasteiger partial charge in [0.15, 0.2) is 0 Å². The Balaban J connectivity index is 0.00000338. The van der Waals surface area contributed by atoms with Crippen LogP contribution in [0.5, 0.6) is 0 Å². The Morgan fingerprint density at radius 3 is 2.69 bits per heavy atom. The van der Waals surface area contributed by atoms with Crippen molar-refractivity contribution < 1.29 is 14.1 Å². The van der Waals surface area contributed by atoms with Gasteiger partial charge in [0.1, 0.15) is 0 Å². The van der Waals surface area contributed by atoms with E-state index in [1.54, 1.807) is 24.3 Å². The Morgan fingerprint density at radius 2 is 2.04 bits per heavy atom. The molecular formula is C16H21Cl2N5O3. The van der Waals surface area contributed by atoms with Crippen molar-refractivity contribution in [3.05, 3.63) is 35.2 Å². The van der Waals surface area contributed by atoms with E-state index in [0.717, 1.165) is 0 Å².